The number of ether oxygens (including phenoxy) is 2. The van der Waals surface area contributed by atoms with E-state index < -0.39 is 0 Å². The van der Waals surface area contributed by atoms with Gasteiger partial charge in [-0.2, -0.15) is 0 Å². The van der Waals surface area contributed by atoms with Crippen LogP contribution in [0.5, 0.6) is 5.75 Å². The third kappa shape index (κ3) is 2.22. The zero-order chi connectivity index (χ0) is 14.3. The molecular formula is C15H21N3O2. The van der Waals surface area contributed by atoms with Gasteiger partial charge in [-0.25, -0.2) is 4.98 Å². The Morgan fingerprint density at radius 2 is 2.25 bits per heavy atom. The van der Waals surface area contributed by atoms with E-state index in [9.17, 15) is 0 Å². The maximum absolute atomic E-state index is 6.13. The minimum absolute atomic E-state index is 0.113. The number of hydrogen-bond donors (Lipinski definition) is 1. The van der Waals surface area contributed by atoms with Crippen LogP contribution in [0.4, 0.5) is 5.95 Å². The van der Waals surface area contributed by atoms with E-state index in [2.05, 4.69) is 23.4 Å². The molecule has 0 aliphatic carbocycles. The maximum Gasteiger partial charge on any atom is 0.201 e. The van der Waals surface area contributed by atoms with Crippen LogP contribution in [0.25, 0.3) is 11.0 Å². The van der Waals surface area contributed by atoms with Crippen LogP contribution in [-0.4, -0.2) is 28.9 Å². The van der Waals surface area contributed by atoms with Crippen LogP contribution in [0.15, 0.2) is 18.2 Å². The summed E-state index contributed by atoms with van der Waals surface area (Å²) in [4.78, 5) is 4.46. The van der Waals surface area contributed by atoms with E-state index in [0.29, 0.717) is 12.0 Å². The Balaban J connectivity index is 2.04. The molecule has 1 unspecified atom stereocenters. The van der Waals surface area contributed by atoms with Gasteiger partial charge in [-0.3, -0.25) is 0 Å². The molecule has 2 heterocycles. The first-order valence-corrected chi connectivity index (χ1v) is 6.95. The average Bonchev–Trinajstić information content (AvgIpc) is 2.72. The van der Waals surface area contributed by atoms with E-state index in [0.717, 1.165) is 36.2 Å². The molecule has 2 aromatic rings. The molecule has 2 N–H and O–H groups in total. The van der Waals surface area contributed by atoms with Gasteiger partial charge < -0.3 is 19.8 Å². The Kier molecular flexibility index (Phi) is 3.09. The molecule has 1 saturated heterocycles. The first-order chi connectivity index (χ1) is 9.50. The number of anilines is 1. The van der Waals surface area contributed by atoms with Crippen LogP contribution >= 0.6 is 0 Å². The summed E-state index contributed by atoms with van der Waals surface area (Å²) in [7, 11) is 1.66. The van der Waals surface area contributed by atoms with Crippen LogP contribution in [0.1, 0.15) is 32.7 Å². The fourth-order valence-corrected chi connectivity index (χ4v) is 3.03. The van der Waals surface area contributed by atoms with Crippen LogP contribution in [0.2, 0.25) is 0 Å². The summed E-state index contributed by atoms with van der Waals surface area (Å²) in [6, 6.07) is 6.23. The SMILES string of the molecule is COc1ccc2c(c1)nc(N)n2C1CCOC(C)(C)C1. The van der Waals surface area contributed by atoms with Crippen molar-refractivity contribution in [2.75, 3.05) is 19.5 Å². The van der Waals surface area contributed by atoms with Crippen LogP contribution in [0, 0.1) is 0 Å². The van der Waals surface area contributed by atoms with Crippen molar-refractivity contribution in [3.05, 3.63) is 18.2 Å². The van der Waals surface area contributed by atoms with E-state index in [1.54, 1.807) is 7.11 Å². The van der Waals surface area contributed by atoms with Crippen LogP contribution < -0.4 is 10.5 Å². The number of nitrogens with zero attached hydrogens (tertiary/aromatic N) is 2. The topological polar surface area (TPSA) is 62.3 Å². The van der Waals surface area contributed by atoms with Gasteiger partial charge in [0.25, 0.3) is 0 Å². The fraction of sp³-hybridized carbons (Fsp3) is 0.533. The third-order valence-electron chi connectivity index (χ3n) is 3.96. The third-order valence-corrected chi connectivity index (χ3v) is 3.96. The normalized spacial score (nSPS) is 22.1. The Bertz CT molecular complexity index is 633. The minimum Gasteiger partial charge on any atom is -0.497 e. The minimum atomic E-state index is -0.113. The average molecular weight is 275 g/mol. The molecule has 3 rings (SSSR count). The van der Waals surface area contributed by atoms with Crippen molar-refractivity contribution in [2.45, 2.75) is 38.3 Å². The molecule has 20 heavy (non-hydrogen) atoms. The molecule has 0 radical (unpaired) electrons. The predicted octanol–water partition coefficient (Wildman–Crippen LogP) is 2.76. The summed E-state index contributed by atoms with van der Waals surface area (Å²) >= 11 is 0. The zero-order valence-electron chi connectivity index (χ0n) is 12.2. The highest BCUT2D eigenvalue weighted by Gasteiger charge is 2.31. The predicted molar refractivity (Wildman–Crippen MR) is 79.0 cm³/mol. The van der Waals surface area contributed by atoms with Crippen molar-refractivity contribution >= 4 is 17.0 Å². The van der Waals surface area contributed by atoms with Gasteiger partial charge in [-0.05, 0) is 38.8 Å². The molecule has 108 valence electrons. The molecule has 1 atom stereocenters. The second-order valence-electron chi connectivity index (χ2n) is 5.95. The molecule has 0 saturated carbocycles. The summed E-state index contributed by atoms with van der Waals surface area (Å²) in [5.74, 6) is 1.37. The molecule has 1 aliphatic rings. The number of imidazole rings is 1. The van der Waals surface area contributed by atoms with Gasteiger partial charge in [0.15, 0.2) is 0 Å². The van der Waals surface area contributed by atoms with E-state index in [1.165, 1.54) is 0 Å². The quantitative estimate of drug-likeness (QED) is 0.915. The van der Waals surface area contributed by atoms with Gasteiger partial charge in [0, 0.05) is 18.7 Å². The van der Waals surface area contributed by atoms with Gasteiger partial charge in [0.2, 0.25) is 5.95 Å². The zero-order valence-corrected chi connectivity index (χ0v) is 12.2. The van der Waals surface area contributed by atoms with Crippen LogP contribution in [0.3, 0.4) is 0 Å². The Labute approximate surface area is 118 Å². The highest BCUT2D eigenvalue weighted by atomic mass is 16.5. The van der Waals surface area contributed by atoms with Gasteiger partial charge in [0.05, 0.1) is 23.7 Å². The van der Waals surface area contributed by atoms with E-state index in [-0.39, 0.29) is 5.60 Å². The summed E-state index contributed by atoms with van der Waals surface area (Å²) in [5.41, 5.74) is 7.96. The Morgan fingerprint density at radius 3 is 2.95 bits per heavy atom. The van der Waals surface area contributed by atoms with Crippen molar-refractivity contribution in [3.63, 3.8) is 0 Å². The van der Waals surface area contributed by atoms with Gasteiger partial charge >= 0.3 is 0 Å². The monoisotopic (exact) mass is 275 g/mol. The van der Waals surface area contributed by atoms with Crippen molar-refractivity contribution in [1.29, 1.82) is 0 Å². The second-order valence-corrected chi connectivity index (χ2v) is 5.95. The maximum atomic E-state index is 6.13. The van der Waals surface area contributed by atoms with Gasteiger partial charge in [-0.15, -0.1) is 0 Å². The summed E-state index contributed by atoms with van der Waals surface area (Å²) < 4.78 is 13.2. The molecule has 0 bridgehead atoms. The number of methoxy groups -OCH3 is 1. The highest BCUT2D eigenvalue weighted by Crippen LogP contribution is 2.36. The van der Waals surface area contributed by atoms with Crippen LogP contribution in [-0.2, 0) is 4.74 Å². The lowest BCUT2D eigenvalue weighted by Gasteiger charge is -2.36. The van der Waals surface area contributed by atoms with E-state index in [4.69, 9.17) is 15.2 Å². The molecule has 1 aromatic carbocycles. The number of rotatable bonds is 2. The number of nitrogens with two attached hydrogens (primary N) is 1. The van der Waals surface area contributed by atoms with E-state index in [1.807, 2.05) is 18.2 Å². The second kappa shape index (κ2) is 4.66. The Hall–Kier alpha value is -1.75. The molecule has 0 amide bonds. The van der Waals surface area contributed by atoms with Crippen molar-refractivity contribution < 1.29 is 9.47 Å². The first-order valence-electron chi connectivity index (χ1n) is 6.95. The van der Waals surface area contributed by atoms with Crippen molar-refractivity contribution in [1.82, 2.24) is 9.55 Å². The van der Waals surface area contributed by atoms with E-state index >= 15 is 0 Å². The fourth-order valence-electron chi connectivity index (χ4n) is 3.03. The molecule has 1 aliphatic heterocycles. The molecule has 0 spiro atoms. The van der Waals surface area contributed by atoms with Crippen molar-refractivity contribution in [2.24, 2.45) is 0 Å². The Morgan fingerprint density at radius 1 is 1.45 bits per heavy atom. The lowest BCUT2D eigenvalue weighted by molar-refractivity contribution is -0.0682. The summed E-state index contributed by atoms with van der Waals surface area (Å²) in [5, 5.41) is 0. The molecular weight excluding hydrogens is 254 g/mol. The largest absolute Gasteiger partial charge is 0.497 e. The first kappa shape index (κ1) is 13.2. The van der Waals surface area contributed by atoms with Gasteiger partial charge in [-0.1, -0.05) is 0 Å². The molecule has 1 aromatic heterocycles. The standard InChI is InChI=1S/C15H21N3O2/c1-15(2)9-10(6-7-20-15)18-13-5-4-11(19-3)8-12(13)17-14(18)16/h4-5,8,10H,6-7,9H2,1-3H3,(H2,16,17). The summed E-state index contributed by atoms with van der Waals surface area (Å²) in [6.07, 6.45) is 1.90. The highest BCUT2D eigenvalue weighted by molar-refractivity contribution is 5.80. The molecule has 1 fully saturated rings. The number of aromatic nitrogens is 2. The summed E-state index contributed by atoms with van der Waals surface area (Å²) in [6.45, 7) is 5.00. The molecule has 5 heteroatoms. The number of fused-ring (bicyclic) bond motifs is 1. The van der Waals surface area contributed by atoms with Gasteiger partial charge in [0.1, 0.15) is 5.75 Å². The van der Waals surface area contributed by atoms with Crippen molar-refractivity contribution in [3.8, 4) is 5.75 Å². The number of hydrogen-bond acceptors (Lipinski definition) is 4. The lowest BCUT2D eigenvalue weighted by Crippen LogP contribution is -2.35. The molecule has 5 nitrogen and oxygen atoms in total. The smallest absolute Gasteiger partial charge is 0.201 e. The number of nitrogen functional groups attached to an aromatic ring is 1. The number of benzene rings is 1. The lowest BCUT2D eigenvalue weighted by atomic mass is 9.93.